The number of aryl methyl sites for hydroxylation is 1. The van der Waals surface area contributed by atoms with Gasteiger partial charge in [0, 0.05) is 32.1 Å². The largest absolute Gasteiger partial charge is 0.493 e. The highest BCUT2D eigenvalue weighted by molar-refractivity contribution is 5.81. The molecule has 146 valence electrons. The first-order valence-corrected chi connectivity index (χ1v) is 9.53. The fourth-order valence-electron chi connectivity index (χ4n) is 3.52. The van der Waals surface area contributed by atoms with Crippen molar-refractivity contribution < 1.29 is 14.3 Å². The highest BCUT2D eigenvalue weighted by Crippen LogP contribution is 2.29. The minimum absolute atomic E-state index is 0.136. The van der Waals surface area contributed by atoms with Gasteiger partial charge in [-0.15, -0.1) is 0 Å². The molecule has 2 heterocycles. The fourth-order valence-corrected chi connectivity index (χ4v) is 3.52. The third kappa shape index (κ3) is 4.40. The van der Waals surface area contributed by atoms with Crippen molar-refractivity contribution in [1.82, 2.24) is 14.5 Å². The maximum absolute atomic E-state index is 12.8. The first-order chi connectivity index (χ1) is 13.1. The zero-order chi connectivity index (χ0) is 19.2. The zero-order valence-electron chi connectivity index (χ0n) is 16.1. The van der Waals surface area contributed by atoms with Gasteiger partial charge in [0.15, 0.2) is 11.5 Å². The van der Waals surface area contributed by atoms with E-state index in [2.05, 4.69) is 4.98 Å². The number of carbonyl (C=O) groups excluding carboxylic acids is 1. The summed E-state index contributed by atoms with van der Waals surface area (Å²) in [4.78, 5) is 31.5. The Kier molecular flexibility index (Phi) is 6.32. The second kappa shape index (κ2) is 8.88. The van der Waals surface area contributed by atoms with Crippen molar-refractivity contribution in [3.05, 3.63) is 28.8 Å². The van der Waals surface area contributed by atoms with Crippen LogP contribution in [0, 0.1) is 0 Å². The molecule has 7 heteroatoms. The summed E-state index contributed by atoms with van der Waals surface area (Å²) in [6.45, 7) is 2.19. The molecule has 0 saturated carbocycles. The van der Waals surface area contributed by atoms with E-state index >= 15 is 0 Å². The van der Waals surface area contributed by atoms with Gasteiger partial charge in [-0.1, -0.05) is 12.8 Å². The van der Waals surface area contributed by atoms with E-state index in [1.807, 2.05) is 4.90 Å². The lowest BCUT2D eigenvalue weighted by atomic mass is 10.2. The summed E-state index contributed by atoms with van der Waals surface area (Å²) in [5.74, 6) is 1.22. The summed E-state index contributed by atoms with van der Waals surface area (Å²) in [5, 5.41) is 0.481. The molecule has 1 saturated heterocycles. The number of amides is 1. The highest BCUT2D eigenvalue weighted by atomic mass is 16.5. The molecular weight excluding hydrogens is 346 g/mol. The fraction of sp³-hybridized carbons (Fsp3) is 0.550. The van der Waals surface area contributed by atoms with Crippen LogP contribution in [0.4, 0.5) is 0 Å². The van der Waals surface area contributed by atoms with E-state index in [1.165, 1.54) is 26.3 Å². The van der Waals surface area contributed by atoms with Crippen LogP contribution in [0.1, 0.15) is 38.5 Å². The van der Waals surface area contributed by atoms with Crippen LogP contribution in [-0.4, -0.2) is 47.7 Å². The quantitative estimate of drug-likeness (QED) is 0.778. The number of rotatable bonds is 6. The number of fused-ring (bicyclic) bond motifs is 1. The summed E-state index contributed by atoms with van der Waals surface area (Å²) in [6.07, 6.45) is 7.20. The molecule has 3 rings (SSSR count). The van der Waals surface area contributed by atoms with Gasteiger partial charge in [0.25, 0.3) is 5.56 Å². The van der Waals surface area contributed by atoms with Crippen LogP contribution < -0.4 is 15.0 Å². The van der Waals surface area contributed by atoms with E-state index in [1.54, 1.807) is 23.8 Å². The van der Waals surface area contributed by atoms with E-state index < -0.39 is 0 Å². The number of hydrogen-bond donors (Lipinski definition) is 0. The lowest BCUT2D eigenvalue weighted by Crippen LogP contribution is -2.32. The highest BCUT2D eigenvalue weighted by Gasteiger charge is 2.15. The maximum atomic E-state index is 12.8. The van der Waals surface area contributed by atoms with Gasteiger partial charge in [0.05, 0.1) is 31.4 Å². The molecule has 0 N–H and O–H groups in total. The van der Waals surface area contributed by atoms with Crippen LogP contribution in [0.2, 0.25) is 0 Å². The topological polar surface area (TPSA) is 73.7 Å². The lowest BCUT2D eigenvalue weighted by molar-refractivity contribution is -0.131. The molecule has 1 amide bonds. The monoisotopic (exact) mass is 373 g/mol. The van der Waals surface area contributed by atoms with Gasteiger partial charge in [-0.25, -0.2) is 4.98 Å². The number of benzene rings is 1. The predicted molar refractivity (Wildman–Crippen MR) is 103 cm³/mol. The molecule has 1 aromatic carbocycles. The standard InChI is InChI=1S/C20H27N3O4/c1-26-17-12-15-16(13-18(17)27-2)21-14-23(20(15)25)11-7-8-19(24)22-9-5-3-4-6-10-22/h12-14H,3-11H2,1-2H3. The van der Waals surface area contributed by atoms with Gasteiger partial charge in [-0.3, -0.25) is 14.2 Å². The molecule has 0 aliphatic carbocycles. The summed E-state index contributed by atoms with van der Waals surface area (Å²) in [6, 6.07) is 3.35. The normalized spacial score (nSPS) is 14.8. The molecule has 1 aromatic heterocycles. The van der Waals surface area contributed by atoms with Crippen LogP contribution >= 0.6 is 0 Å². The van der Waals surface area contributed by atoms with Gasteiger partial charge in [-0.05, 0) is 25.3 Å². The molecule has 1 fully saturated rings. The third-order valence-corrected chi connectivity index (χ3v) is 5.08. The van der Waals surface area contributed by atoms with Crippen molar-refractivity contribution in [2.24, 2.45) is 0 Å². The number of nitrogens with zero attached hydrogens (tertiary/aromatic N) is 3. The van der Waals surface area contributed by atoms with E-state index in [0.717, 1.165) is 25.9 Å². The third-order valence-electron chi connectivity index (χ3n) is 5.08. The Morgan fingerprint density at radius 3 is 2.41 bits per heavy atom. The van der Waals surface area contributed by atoms with Crippen LogP contribution in [0.15, 0.2) is 23.3 Å². The number of aromatic nitrogens is 2. The van der Waals surface area contributed by atoms with Gasteiger partial charge in [-0.2, -0.15) is 0 Å². The summed E-state index contributed by atoms with van der Waals surface area (Å²) in [5.41, 5.74) is 0.428. The molecule has 7 nitrogen and oxygen atoms in total. The number of ether oxygens (including phenoxy) is 2. The van der Waals surface area contributed by atoms with Crippen LogP contribution in [0.25, 0.3) is 10.9 Å². The van der Waals surface area contributed by atoms with E-state index in [9.17, 15) is 9.59 Å². The van der Waals surface area contributed by atoms with E-state index in [-0.39, 0.29) is 11.5 Å². The Morgan fingerprint density at radius 2 is 1.74 bits per heavy atom. The first-order valence-electron chi connectivity index (χ1n) is 9.53. The smallest absolute Gasteiger partial charge is 0.261 e. The average Bonchev–Trinajstić information content (AvgIpc) is 2.98. The molecule has 1 aliphatic rings. The SMILES string of the molecule is COc1cc2ncn(CCCC(=O)N3CCCCCC3)c(=O)c2cc1OC. The Labute approximate surface area is 158 Å². The second-order valence-electron chi connectivity index (χ2n) is 6.87. The zero-order valence-corrected chi connectivity index (χ0v) is 16.1. The average molecular weight is 373 g/mol. The number of hydrogen-bond acceptors (Lipinski definition) is 5. The van der Waals surface area contributed by atoms with E-state index in [4.69, 9.17) is 9.47 Å². The predicted octanol–water partition coefficient (Wildman–Crippen LogP) is 2.60. The van der Waals surface area contributed by atoms with Crippen molar-refractivity contribution in [3.8, 4) is 11.5 Å². The minimum Gasteiger partial charge on any atom is -0.493 e. The van der Waals surface area contributed by atoms with Crippen molar-refractivity contribution in [1.29, 1.82) is 0 Å². The van der Waals surface area contributed by atoms with Crippen molar-refractivity contribution >= 4 is 16.8 Å². The Hall–Kier alpha value is -2.57. The minimum atomic E-state index is -0.136. The van der Waals surface area contributed by atoms with E-state index in [0.29, 0.717) is 41.8 Å². The first kappa shape index (κ1) is 19.2. The molecule has 0 bridgehead atoms. The molecule has 0 spiro atoms. The molecule has 0 unspecified atom stereocenters. The molecule has 27 heavy (non-hydrogen) atoms. The Balaban J connectivity index is 1.69. The Bertz CT molecular complexity index is 854. The number of carbonyl (C=O) groups is 1. The second-order valence-corrected chi connectivity index (χ2v) is 6.87. The maximum Gasteiger partial charge on any atom is 0.261 e. The molecule has 0 atom stereocenters. The summed E-state index contributed by atoms with van der Waals surface area (Å²) in [7, 11) is 3.08. The van der Waals surface area contributed by atoms with Gasteiger partial charge < -0.3 is 14.4 Å². The van der Waals surface area contributed by atoms with Gasteiger partial charge >= 0.3 is 0 Å². The van der Waals surface area contributed by atoms with Gasteiger partial charge in [0.2, 0.25) is 5.91 Å². The Morgan fingerprint density at radius 1 is 1.07 bits per heavy atom. The summed E-state index contributed by atoms with van der Waals surface area (Å²) < 4.78 is 12.1. The van der Waals surface area contributed by atoms with Gasteiger partial charge in [0.1, 0.15) is 0 Å². The molecular formula is C20H27N3O4. The van der Waals surface area contributed by atoms with Crippen LogP contribution in [0.3, 0.4) is 0 Å². The van der Waals surface area contributed by atoms with Crippen LogP contribution in [-0.2, 0) is 11.3 Å². The van der Waals surface area contributed by atoms with Crippen molar-refractivity contribution in [3.63, 3.8) is 0 Å². The summed E-state index contributed by atoms with van der Waals surface area (Å²) >= 11 is 0. The van der Waals surface area contributed by atoms with Crippen molar-refractivity contribution in [2.75, 3.05) is 27.3 Å². The number of likely N-dealkylation sites (tertiary alicyclic amines) is 1. The van der Waals surface area contributed by atoms with Crippen LogP contribution in [0.5, 0.6) is 11.5 Å². The lowest BCUT2D eigenvalue weighted by Gasteiger charge is -2.20. The molecule has 0 radical (unpaired) electrons. The van der Waals surface area contributed by atoms with Crippen molar-refractivity contribution in [2.45, 2.75) is 45.1 Å². The number of methoxy groups -OCH3 is 2. The molecule has 2 aromatic rings. The molecule has 1 aliphatic heterocycles.